The lowest BCUT2D eigenvalue weighted by atomic mass is 9.95. The number of carbonyl (C=O) groups is 3. The Bertz CT molecular complexity index is 1310. The molecule has 10 heteroatoms. The summed E-state index contributed by atoms with van der Waals surface area (Å²) in [6, 6.07) is 12.0. The van der Waals surface area contributed by atoms with Gasteiger partial charge in [0.05, 0.1) is 21.7 Å². The lowest BCUT2D eigenvalue weighted by molar-refractivity contribution is -0.137. The maximum Gasteiger partial charge on any atom is 0.416 e. The van der Waals surface area contributed by atoms with E-state index in [0.29, 0.717) is 28.1 Å². The lowest BCUT2D eigenvalue weighted by Gasteiger charge is -2.37. The summed E-state index contributed by atoms with van der Waals surface area (Å²) in [6.07, 6.45) is -3.74. The van der Waals surface area contributed by atoms with E-state index in [1.807, 2.05) is 0 Å². The molecule has 2 aromatic carbocycles. The number of hydrogen-bond acceptors (Lipinski definition) is 4. The monoisotopic (exact) mass is 499 g/mol. The third kappa shape index (κ3) is 4.53. The number of fused-ring (bicyclic) bond motifs is 2. The third-order valence-electron chi connectivity index (χ3n) is 6.28. The Labute approximate surface area is 202 Å². The van der Waals surface area contributed by atoms with Crippen LogP contribution in [-0.4, -0.2) is 41.2 Å². The molecule has 1 aromatic heterocycles. The number of hydrogen-bond donors (Lipinski definition) is 2. The molecule has 35 heavy (non-hydrogen) atoms. The van der Waals surface area contributed by atoms with Crippen molar-refractivity contribution in [2.75, 3.05) is 11.9 Å². The van der Waals surface area contributed by atoms with Crippen molar-refractivity contribution in [1.82, 2.24) is 10.2 Å². The number of nitrogens with one attached hydrogen (secondary N) is 2. The van der Waals surface area contributed by atoms with Gasteiger partial charge in [-0.3, -0.25) is 14.4 Å². The van der Waals surface area contributed by atoms with Crippen molar-refractivity contribution < 1.29 is 27.6 Å². The molecule has 1 saturated heterocycles. The smallest absolute Gasteiger partial charge is 0.348 e. The maximum atomic E-state index is 13.4. The number of halogens is 3. The molecule has 2 aliphatic rings. The van der Waals surface area contributed by atoms with Gasteiger partial charge in [-0.05, 0) is 59.7 Å². The van der Waals surface area contributed by atoms with Gasteiger partial charge in [0.25, 0.3) is 11.8 Å². The molecule has 3 heterocycles. The van der Waals surface area contributed by atoms with Crippen LogP contribution < -0.4 is 10.6 Å². The Kier molecular flexibility index (Phi) is 5.84. The number of carbonyl (C=O) groups excluding carboxylic acids is 3. The maximum absolute atomic E-state index is 13.4. The molecule has 0 bridgehead atoms. The first-order valence-corrected chi connectivity index (χ1v) is 11.9. The van der Waals surface area contributed by atoms with Gasteiger partial charge in [-0.2, -0.15) is 13.2 Å². The molecule has 6 nitrogen and oxygen atoms in total. The van der Waals surface area contributed by atoms with Gasteiger partial charge in [0.2, 0.25) is 5.91 Å². The molecule has 0 radical (unpaired) electrons. The summed E-state index contributed by atoms with van der Waals surface area (Å²) in [5.41, 5.74) is 0.504. The highest BCUT2D eigenvalue weighted by Gasteiger charge is 2.40. The predicted molar refractivity (Wildman–Crippen MR) is 125 cm³/mol. The normalized spacial score (nSPS) is 19.9. The number of rotatable bonds is 3. The molecule has 3 aromatic rings. The van der Waals surface area contributed by atoms with Gasteiger partial charge < -0.3 is 15.5 Å². The van der Waals surface area contributed by atoms with Crippen LogP contribution in [0, 0.1) is 0 Å². The van der Waals surface area contributed by atoms with Crippen molar-refractivity contribution in [3.8, 4) is 11.1 Å². The highest BCUT2D eigenvalue weighted by atomic mass is 32.1. The number of piperidine rings is 1. The van der Waals surface area contributed by atoms with Crippen molar-refractivity contribution in [3.05, 3.63) is 76.0 Å². The van der Waals surface area contributed by atoms with Gasteiger partial charge in [0, 0.05) is 12.6 Å². The fraction of sp³-hybridized carbons (Fsp3) is 0.240. The van der Waals surface area contributed by atoms with Gasteiger partial charge in [0.1, 0.15) is 6.04 Å². The average molecular weight is 500 g/mol. The molecule has 2 N–H and O–H groups in total. The summed E-state index contributed by atoms with van der Waals surface area (Å²) in [6.45, 7) is 0.263. The highest BCUT2D eigenvalue weighted by molar-refractivity contribution is 7.12. The zero-order valence-corrected chi connectivity index (χ0v) is 19.1. The molecule has 5 rings (SSSR count). The van der Waals surface area contributed by atoms with Crippen LogP contribution in [0.5, 0.6) is 0 Å². The van der Waals surface area contributed by atoms with Crippen molar-refractivity contribution in [1.29, 1.82) is 0 Å². The highest BCUT2D eigenvalue weighted by Crippen LogP contribution is 2.35. The first kappa shape index (κ1) is 23.1. The Balaban J connectivity index is 1.39. The van der Waals surface area contributed by atoms with Gasteiger partial charge in [0.15, 0.2) is 0 Å². The summed E-state index contributed by atoms with van der Waals surface area (Å²) in [7, 11) is 0. The zero-order valence-electron chi connectivity index (χ0n) is 18.3. The van der Waals surface area contributed by atoms with Crippen LogP contribution in [0.15, 0.2) is 60.0 Å². The molecular weight excluding hydrogens is 479 g/mol. The topological polar surface area (TPSA) is 78.5 Å². The average Bonchev–Trinajstić information content (AvgIpc) is 3.36. The quantitative estimate of drug-likeness (QED) is 0.544. The number of thiophene rings is 1. The number of nitrogens with zero attached hydrogens (tertiary/aromatic N) is 1. The van der Waals surface area contributed by atoms with Gasteiger partial charge >= 0.3 is 6.18 Å². The molecule has 0 aliphatic carbocycles. The molecule has 3 amide bonds. The van der Waals surface area contributed by atoms with E-state index in [1.165, 1.54) is 34.4 Å². The second-order valence-corrected chi connectivity index (χ2v) is 9.46. The number of amides is 3. The summed E-state index contributed by atoms with van der Waals surface area (Å²) in [5, 5.41) is 7.52. The predicted octanol–water partition coefficient (Wildman–Crippen LogP) is 4.79. The van der Waals surface area contributed by atoms with Crippen LogP contribution in [0.1, 0.15) is 38.4 Å². The van der Waals surface area contributed by atoms with Crippen LogP contribution in [0.25, 0.3) is 11.1 Å². The summed E-state index contributed by atoms with van der Waals surface area (Å²) in [4.78, 5) is 40.9. The second kappa shape index (κ2) is 8.84. The van der Waals surface area contributed by atoms with E-state index in [0.717, 1.165) is 12.1 Å². The van der Waals surface area contributed by atoms with Crippen molar-refractivity contribution in [2.24, 2.45) is 0 Å². The Morgan fingerprint density at radius 3 is 2.60 bits per heavy atom. The van der Waals surface area contributed by atoms with E-state index >= 15 is 0 Å². The van der Waals surface area contributed by atoms with Crippen LogP contribution in [-0.2, 0) is 11.0 Å². The van der Waals surface area contributed by atoms with Crippen LogP contribution in [0.2, 0.25) is 0 Å². The Morgan fingerprint density at radius 2 is 1.86 bits per heavy atom. The van der Waals surface area contributed by atoms with Gasteiger partial charge in [-0.25, -0.2) is 0 Å². The van der Waals surface area contributed by atoms with E-state index in [-0.39, 0.29) is 42.3 Å². The first-order valence-electron chi connectivity index (χ1n) is 11.0. The molecule has 0 spiro atoms. The molecule has 2 atom stereocenters. The van der Waals surface area contributed by atoms with Gasteiger partial charge in [-0.15, -0.1) is 11.3 Å². The minimum atomic E-state index is -4.48. The molecule has 180 valence electrons. The van der Waals surface area contributed by atoms with E-state index in [2.05, 4.69) is 10.6 Å². The van der Waals surface area contributed by atoms with Crippen molar-refractivity contribution >= 4 is 34.7 Å². The Hall–Kier alpha value is -3.66. The van der Waals surface area contributed by atoms with Crippen LogP contribution in [0.4, 0.5) is 18.9 Å². The largest absolute Gasteiger partial charge is 0.416 e. The minimum Gasteiger partial charge on any atom is -0.348 e. The summed E-state index contributed by atoms with van der Waals surface area (Å²) >= 11 is 1.32. The Morgan fingerprint density at radius 1 is 1.06 bits per heavy atom. The minimum absolute atomic E-state index is 0.215. The number of alkyl halides is 3. The molecule has 0 saturated carbocycles. The summed E-state index contributed by atoms with van der Waals surface area (Å²) < 4.78 is 39.5. The van der Waals surface area contributed by atoms with Gasteiger partial charge in [-0.1, -0.05) is 24.3 Å². The standard InChI is InChI=1S/C25H20F3N3O3S/c26-25(27,28)16-4-1-3-14(11-16)15-6-7-19-18(12-15)24(34)31-9-8-17(13-20(31)22(32)30-19)29-23(33)21-5-2-10-35-21/h1-7,10-12,17,20H,8-9,13H2,(H,29,33)(H,30,32)/t17-,20-/m0/s1. The SMILES string of the molecule is O=C(N[C@H]1CCN2C(=O)c3cc(-c4cccc(C(F)(F)F)c4)ccc3NC(=O)[C@@H]2C1)c1cccs1. The van der Waals surface area contributed by atoms with E-state index in [1.54, 1.807) is 29.6 Å². The first-order chi connectivity index (χ1) is 16.7. The summed E-state index contributed by atoms with van der Waals surface area (Å²) in [5.74, 6) is -0.952. The van der Waals surface area contributed by atoms with E-state index in [4.69, 9.17) is 0 Å². The van der Waals surface area contributed by atoms with Crippen LogP contribution >= 0.6 is 11.3 Å². The molecular formula is C25H20F3N3O3S. The van der Waals surface area contributed by atoms with E-state index in [9.17, 15) is 27.6 Å². The fourth-order valence-corrected chi connectivity index (χ4v) is 5.13. The molecule has 2 aliphatic heterocycles. The number of benzene rings is 2. The zero-order chi connectivity index (χ0) is 24.7. The second-order valence-electron chi connectivity index (χ2n) is 8.51. The third-order valence-corrected chi connectivity index (χ3v) is 7.15. The van der Waals surface area contributed by atoms with E-state index < -0.39 is 17.8 Å². The van der Waals surface area contributed by atoms with Crippen molar-refractivity contribution in [3.63, 3.8) is 0 Å². The molecule has 1 fully saturated rings. The van der Waals surface area contributed by atoms with Crippen molar-refractivity contribution in [2.45, 2.75) is 31.1 Å². The lowest BCUT2D eigenvalue weighted by Crippen LogP contribution is -2.54. The van der Waals surface area contributed by atoms with Crippen LogP contribution in [0.3, 0.4) is 0 Å². The number of anilines is 1. The molecule has 0 unspecified atom stereocenters. The fourth-order valence-electron chi connectivity index (χ4n) is 4.51.